The van der Waals surface area contributed by atoms with Crippen molar-refractivity contribution in [3.63, 3.8) is 0 Å². The van der Waals surface area contributed by atoms with Crippen molar-refractivity contribution in [1.82, 2.24) is 5.32 Å². The standard InChI is InChI=1S/C21H19ClN2O3/c1-27-19-10-9-13(11-17(19)22)12-18(20(23)25)24-21(26)16-8-4-6-14-5-2-3-7-15(14)16/h2-11,18H,12H2,1H3,(H2,23,25)(H,24,26)/t18-/m0/s1. The Morgan fingerprint density at radius 1 is 1.11 bits per heavy atom. The van der Waals surface area contributed by atoms with Gasteiger partial charge in [0.15, 0.2) is 0 Å². The van der Waals surface area contributed by atoms with Gasteiger partial charge in [-0.25, -0.2) is 0 Å². The zero-order valence-corrected chi connectivity index (χ0v) is 15.5. The molecule has 0 saturated carbocycles. The van der Waals surface area contributed by atoms with E-state index in [-0.39, 0.29) is 12.3 Å². The van der Waals surface area contributed by atoms with E-state index in [1.165, 1.54) is 7.11 Å². The molecule has 0 unspecified atom stereocenters. The monoisotopic (exact) mass is 382 g/mol. The van der Waals surface area contributed by atoms with Crippen molar-refractivity contribution in [1.29, 1.82) is 0 Å². The topological polar surface area (TPSA) is 81.4 Å². The summed E-state index contributed by atoms with van der Waals surface area (Å²) < 4.78 is 5.12. The molecule has 0 saturated heterocycles. The van der Waals surface area contributed by atoms with E-state index in [1.807, 2.05) is 30.3 Å². The number of nitrogens with two attached hydrogens (primary N) is 1. The number of fused-ring (bicyclic) bond motifs is 1. The smallest absolute Gasteiger partial charge is 0.252 e. The first-order chi connectivity index (χ1) is 13.0. The van der Waals surface area contributed by atoms with E-state index >= 15 is 0 Å². The van der Waals surface area contributed by atoms with Crippen molar-refractivity contribution in [2.75, 3.05) is 7.11 Å². The number of amides is 2. The fourth-order valence-corrected chi connectivity index (χ4v) is 3.24. The normalized spacial score (nSPS) is 11.8. The van der Waals surface area contributed by atoms with Gasteiger partial charge in [-0.1, -0.05) is 54.1 Å². The van der Waals surface area contributed by atoms with Crippen LogP contribution in [0.1, 0.15) is 15.9 Å². The van der Waals surface area contributed by atoms with Gasteiger partial charge in [0.25, 0.3) is 5.91 Å². The number of hydrogen-bond donors (Lipinski definition) is 2. The molecule has 0 spiro atoms. The number of hydrogen-bond acceptors (Lipinski definition) is 3. The Morgan fingerprint density at radius 3 is 2.56 bits per heavy atom. The molecule has 0 heterocycles. The molecule has 0 aliphatic rings. The van der Waals surface area contributed by atoms with Gasteiger partial charge in [0.1, 0.15) is 11.8 Å². The largest absolute Gasteiger partial charge is 0.495 e. The molecule has 1 atom stereocenters. The van der Waals surface area contributed by atoms with Crippen LogP contribution in [-0.4, -0.2) is 25.0 Å². The van der Waals surface area contributed by atoms with Gasteiger partial charge in [-0.2, -0.15) is 0 Å². The summed E-state index contributed by atoms with van der Waals surface area (Å²) in [5.41, 5.74) is 6.77. The molecular weight excluding hydrogens is 364 g/mol. The van der Waals surface area contributed by atoms with Crippen LogP contribution in [0.15, 0.2) is 60.7 Å². The molecule has 3 N–H and O–H groups in total. The highest BCUT2D eigenvalue weighted by Crippen LogP contribution is 2.25. The van der Waals surface area contributed by atoms with Gasteiger partial charge in [-0.15, -0.1) is 0 Å². The fraction of sp³-hybridized carbons (Fsp3) is 0.143. The number of rotatable bonds is 6. The second kappa shape index (κ2) is 8.10. The molecule has 0 aliphatic carbocycles. The van der Waals surface area contributed by atoms with Gasteiger partial charge in [0, 0.05) is 12.0 Å². The van der Waals surface area contributed by atoms with Crippen LogP contribution >= 0.6 is 11.6 Å². The highest BCUT2D eigenvalue weighted by atomic mass is 35.5. The van der Waals surface area contributed by atoms with Crippen LogP contribution in [0.25, 0.3) is 10.8 Å². The summed E-state index contributed by atoms with van der Waals surface area (Å²) in [7, 11) is 1.53. The van der Waals surface area contributed by atoms with Gasteiger partial charge >= 0.3 is 0 Å². The van der Waals surface area contributed by atoms with Crippen LogP contribution in [0.5, 0.6) is 5.75 Å². The Kier molecular flexibility index (Phi) is 5.62. The number of benzene rings is 3. The fourth-order valence-electron chi connectivity index (χ4n) is 2.95. The predicted octanol–water partition coefficient (Wildman–Crippen LogP) is 3.33. The molecule has 0 fully saturated rings. The quantitative estimate of drug-likeness (QED) is 0.686. The minimum atomic E-state index is -0.860. The molecule has 0 radical (unpaired) electrons. The van der Waals surface area contributed by atoms with Crippen molar-refractivity contribution in [3.8, 4) is 5.75 Å². The molecule has 138 valence electrons. The minimum Gasteiger partial charge on any atom is -0.495 e. The summed E-state index contributed by atoms with van der Waals surface area (Å²) in [6.45, 7) is 0. The molecule has 0 aromatic heterocycles. The maximum absolute atomic E-state index is 12.8. The van der Waals surface area contributed by atoms with Crippen LogP contribution in [0.2, 0.25) is 5.02 Å². The molecule has 3 aromatic rings. The highest BCUT2D eigenvalue weighted by molar-refractivity contribution is 6.32. The Labute approximate surface area is 162 Å². The average Bonchev–Trinajstić information content (AvgIpc) is 2.67. The molecule has 3 rings (SSSR count). The van der Waals surface area contributed by atoms with Crippen LogP contribution in [0, 0.1) is 0 Å². The number of carbonyl (C=O) groups is 2. The SMILES string of the molecule is COc1ccc(C[C@H](NC(=O)c2cccc3ccccc23)C(N)=O)cc1Cl. The molecule has 0 aliphatic heterocycles. The van der Waals surface area contributed by atoms with Crippen molar-refractivity contribution < 1.29 is 14.3 Å². The Bertz CT molecular complexity index is 998. The molecule has 3 aromatic carbocycles. The van der Waals surface area contributed by atoms with Crippen LogP contribution in [-0.2, 0) is 11.2 Å². The third-order valence-electron chi connectivity index (χ3n) is 4.34. The molecule has 27 heavy (non-hydrogen) atoms. The molecule has 0 bridgehead atoms. The Balaban J connectivity index is 1.83. The van der Waals surface area contributed by atoms with Crippen LogP contribution in [0.3, 0.4) is 0 Å². The van der Waals surface area contributed by atoms with Gasteiger partial charge in [0.2, 0.25) is 5.91 Å². The van der Waals surface area contributed by atoms with E-state index in [0.29, 0.717) is 16.3 Å². The number of ether oxygens (including phenoxy) is 1. The van der Waals surface area contributed by atoms with Crippen molar-refractivity contribution in [2.24, 2.45) is 5.73 Å². The zero-order valence-electron chi connectivity index (χ0n) is 14.7. The minimum absolute atomic E-state index is 0.232. The second-order valence-electron chi connectivity index (χ2n) is 6.13. The highest BCUT2D eigenvalue weighted by Gasteiger charge is 2.21. The molecule has 6 heteroatoms. The van der Waals surface area contributed by atoms with E-state index in [1.54, 1.807) is 30.3 Å². The van der Waals surface area contributed by atoms with Gasteiger partial charge in [0.05, 0.1) is 12.1 Å². The van der Waals surface area contributed by atoms with Crippen LogP contribution < -0.4 is 15.8 Å². The maximum atomic E-state index is 12.8. The van der Waals surface area contributed by atoms with E-state index in [4.69, 9.17) is 22.1 Å². The number of halogens is 1. The maximum Gasteiger partial charge on any atom is 0.252 e. The van der Waals surface area contributed by atoms with Gasteiger partial charge in [-0.05, 0) is 34.5 Å². The lowest BCUT2D eigenvalue weighted by Crippen LogP contribution is -2.45. The summed E-state index contributed by atoms with van der Waals surface area (Å²) in [5.74, 6) is -0.429. The Hall–Kier alpha value is -3.05. The summed E-state index contributed by atoms with van der Waals surface area (Å²) in [6, 6.07) is 17.3. The number of nitrogens with one attached hydrogen (secondary N) is 1. The van der Waals surface area contributed by atoms with Gasteiger partial charge in [-0.3, -0.25) is 9.59 Å². The summed E-state index contributed by atoms with van der Waals surface area (Å²) in [5, 5.41) is 4.92. The first kappa shape index (κ1) is 18.7. The van der Waals surface area contributed by atoms with Crippen LogP contribution in [0.4, 0.5) is 0 Å². The van der Waals surface area contributed by atoms with Crippen molar-refractivity contribution in [3.05, 3.63) is 76.8 Å². The Morgan fingerprint density at radius 2 is 1.85 bits per heavy atom. The summed E-state index contributed by atoms with van der Waals surface area (Å²) in [6.07, 6.45) is 0.232. The van der Waals surface area contributed by atoms with Crippen molar-refractivity contribution >= 4 is 34.2 Å². The summed E-state index contributed by atoms with van der Waals surface area (Å²) in [4.78, 5) is 24.7. The van der Waals surface area contributed by atoms with E-state index in [2.05, 4.69) is 5.32 Å². The van der Waals surface area contributed by atoms with E-state index in [0.717, 1.165) is 16.3 Å². The lowest BCUT2D eigenvalue weighted by molar-refractivity contribution is -0.119. The van der Waals surface area contributed by atoms with Gasteiger partial charge < -0.3 is 15.8 Å². The first-order valence-electron chi connectivity index (χ1n) is 8.40. The molecule has 2 amide bonds. The predicted molar refractivity (Wildman–Crippen MR) is 106 cm³/mol. The van der Waals surface area contributed by atoms with Crippen molar-refractivity contribution in [2.45, 2.75) is 12.5 Å². The molecular formula is C21H19ClN2O3. The number of primary amides is 1. The van der Waals surface area contributed by atoms with E-state index in [9.17, 15) is 9.59 Å². The average molecular weight is 383 g/mol. The number of methoxy groups -OCH3 is 1. The molecule has 5 nitrogen and oxygen atoms in total. The third-order valence-corrected chi connectivity index (χ3v) is 4.63. The number of carbonyl (C=O) groups excluding carboxylic acids is 2. The van der Waals surface area contributed by atoms with E-state index < -0.39 is 11.9 Å². The zero-order chi connectivity index (χ0) is 19.4. The summed E-state index contributed by atoms with van der Waals surface area (Å²) >= 11 is 6.13. The second-order valence-corrected chi connectivity index (χ2v) is 6.54. The lowest BCUT2D eigenvalue weighted by atomic mass is 10.0. The lowest BCUT2D eigenvalue weighted by Gasteiger charge is -2.17. The third kappa shape index (κ3) is 4.20. The first-order valence-corrected chi connectivity index (χ1v) is 8.77.